The van der Waals surface area contributed by atoms with Crippen molar-refractivity contribution in [2.24, 2.45) is 0 Å². The fraction of sp³-hybridized carbons (Fsp3) is 0.182. The number of nitrogens with one attached hydrogen (secondary N) is 1. The van der Waals surface area contributed by atoms with Crippen molar-refractivity contribution in [2.75, 3.05) is 5.32 Å². The molecule has 1 heterocycles. The van der Waals surface area contributed by atoms with Crippen LogP contribution in [0.4, 0.5) is 5.69 Å². The molecule has 0 aliphatic rings. The van der Waals surface area contributed by atoms with Crippen molar-refractivity contribution >= 4 is 23.2 Å². The van der Waals surface area contributed by atoms with Crippen molar-refractivity contribution in [1.29, 1.82) is 0 Å². The molecule has 0 saturated heterocycles. The molecular weight excluding hydrogens is 258 g/mol. The van der Waals surface area contributed by atoms with E-state index in [1.165, 1.54) is 0 Å². The fourth-order valence-electron chi connectivity index (χ4n) is 1.35. The number of amides is 1. The molecule has 0 fully saturated rings. The first-order valence-corrected chi connectivity index (χ1v) is 5.52. The van der Waals surface area contributed by atoms with E-state index in [-0.39, 0.29) is 12.5 Å². The molecule has 6 nitrogen and oxygen atoms in total. The second-order valence-electron chi connectivity index (χ2n) is 3.73. The second-order valence-corrected chi connectivity index (χ2v) is 4.14. The average Bonchev–Trinajstić information content (AvgIpc) is 2.69. The number of rotatable bonds is 3. The Bertz CT molecular complexity index is 583. The predicted molar refractivity (Wildman–Crippen MR) is 61.0 cm³/mol. The molecule has 0 atom stereocenters. The smallest absolute Gasteiger partial charge is 0.292 e. The Hall–Kier alpha value is -2.08. The van der Waals surface area contributed by atoms with Crippen molar-refractivity contribution in [1.82, 2.24) is 5.27 Å². The van der Waals surface area contributed by atoms with E-state index in [1.807, 2.05) is 6.92 Å². The summed E-state index contributed by atoms with van der Waals surface area (Å²) in [6, 6.07) is 5.20. The first-order chi connectivity index (χ1) is 8.54. The summed E-state index contributed by atoms with van der Waals surface area (Å²) in [6.45, 7) is 1.77. The van der Waals surface area contributed by atoms with E-state index in [4.69, 9.17) is 11.6 Å². The number of carbonyl (C=O) groups is 1. The number of halogens is 1. The molecule has 1 aromatic carbocycles. The summed E-state index contributed by atoms with van der Waals surface area (Å²) in [6.07, 6.45) is 1.10. The van der Waals surface area contributed by atoms with Crippen LogP contribution in [0.15, 0.2) is 28.9 Å². The van der Waals surface area contributed by atoms with Crippen molar-refractivity contribution in [3.05, 3.63) is 35.0 Å². The average molecular weight is 268 g/mol. The third kappa shape index (κ3) is 2.98. The van der Waals surface area contributed by atoms with Gasteiger partial charge in [-0.2, -0.15) is 0 Å². The van der Waals surface area contributed by atoms with E-state index >= 15 is 0 Å². The molecule has 0 unspecified atom stereocenters. The minimum atomic E-state index is -0.596. The van der Waals surface area contributed by atoms with Crippen LogP contribution in [0.1, 0.15) is 5.56 Å². The first kappa shape index (κ1) is 12.4. The lowest BCUT2D eigenvalue weighted by atomic mass is 10.2. The molecule has 0 aliphatic carbocycles. The number of hydrogen-bond acceptors (Lipinski definition) is 4. The van der Waals surface area contributed by atoms with Crippen molar-refractivity contribution in [3.63, 3.8) is 0 Å². The maximum absolute atomic E-state index is 11.6. The van der Waals surface area contributed by atoms with Crippen LogP contribution in [-0.2, 0) is 11.3 Å². The lowest BCUT2D eigenvalue weighted by Gasteiger charge is -2.04. The number of aryl methyl sites for hydroxylation is 1. The molecule has 2 rings (SSSR count). The highest BCUT2D eigenvalue weighted by Crippen LogP contribution is 2.19. The van der Waals surface area contributed by atoms with Gasteiger partial charge in [-0.1, -0.05) is 22.3 Å². The molecular formula is C11H10ClN3O3. The molecule has 1 N–H and O–H groups in total. The third-order valence-corrected chi connectivity index (χ3v) is 2.66. The molecule has 0 aliphatic heterocycles. The zero-order valence-corrected chi connectivity index (χ0v) is 10.3. The number of nitrogens with zero attached hydrogens (tertiary/aromatic N) is 2. The number of hydrogen-bond donors (Lipinski definition) is 1. The summed E-state index contributed by atoms with van der Waals surface area (Å²) in [4.78, 5) is 11.6. The molecule has 18 heavy (non-hydrogen) atoms. The van der Waals surface area contributed by atoms with Gasteiger partial charge in [0, 0.05) is 10.7 Å². The minimum absolute atomic E-state index is 0.1000. The normalized spacial score (nSPS) is 10.3. The van der Waals surface area contributed by atoms with Gasteiger partial charge in [-0.05, 0) is 24.6 Å². The largest absolute Gasteiger partial charge is 0.539 e. The number of carbonyl (C=O) groups excluding carboxylic acids is 1. The number of benzene rings is 1. The van der Waals surface area contributed by atoms with Gasteiger partial charge in [0.1, 0.15) is 5.95 Å². The van der Waals surface area contributed by atoms with Gasteiger partial charge in [0.25, 0.3) is 12.5 Å². The zero-order valence-electron chi connectivity index (χ0n) is 9.51. The van der Waals surface area contributed by atoms with Crippen LogP contribution in [0.5, 0.6) is 5.95 Å². The van der Waals surface area contributed by atoms with Gasteiger partial charge in [0.15, 0.2) is 0 Å². The Kier molecular flexibility index (Phi) is 3.47. The summed E-state index contributed by atoms with van der Waals surface area (Å²) in [5.74, 6) is -0.922. The van der Waals surface area contributed by atoms with Crippen LogP contribution in [0.3, 0.4) is 0 Å². The van der Waals surface area contributed by atoms with E-state index in [0.717, 1.165) is 16.4 Å². The highest BCUT2D eigenvalue weighted by molar-refractivity contribution is 6.31. The minimum Gasteiger partial charge on any atom is -0.539 e. The van der Waals surface area contributed by atoms with E-state index in [9.17, 15) is 9.90 Å². The summed E-state index contributed by atoms with van der Waals surface area (Å²) < 4.78 is 5.43. The van der Waals surface area contributed by atoms with Gasteiger partial charge >= 0.3 is 0 Å². The highest BCUT2D eigenvalue weighted by atomic mass is 35.5. The predicted octanol–water partition coefficient (Wildman–Crippen LogP) is 0.636. The summed E-state index contributed by atoms with van der Waals surface area (Å²) in [7, 11) is 0. The van der Waals surface area contributed by atoms with Gasteiger partial charge in [0.05, 0.1) is 5.27 Å². The van der Waals surface area contributed by atoms with Crippen molar-refractivity contribution in [3.8, 4) is 5.95 Å². The van der Waals surface area contributed by atoms with Crippen LogP contribution in [0.2, 0.25) is 5.02 Å². The molecule has 94 valence electrons. The number of aromatic nitrogens is 2. The van der Waals surface area contributed by atoms with Crippen LogP contribution in [0, 0.1) is 6.92 Å². The Balaban J connectivity index is 2.00. The summed E-state index contributed by atoms with van der Waals surface area (Å²) in [5.41, 5.74) is 1.51. The Morgan fingerprint density at radius 3 is 3.00 bits per heavy atom. The third-order valence-electron chi connectivity index (χ3n) is 2.25. The Morgan fingerprint density at radius 1 is 1.61 bits per heavy atom. The highest BCUT2D eigenvalue weighted by Gasteiger charge is 2.12. The van der Waals surface area contributed by atoms with Gasteiger partial charge < -0.3 is 14.9 Å². The van der Waals surface area contributed by atoms with E-state index in [2.05, 4.69) is 15.1 Å². The Labute approximate surface area is 108 Å². The van der Waals surface area contributed by atoms with Gasteiger partial charge in [-0.25, -0.2) is 0 Å². The maximum Gasteiger partial charge on any atom is 0.292 e. The monoisotopic (exact) mass is 267 g/mol. The summed E-state index contributed by atoms with van der Waals surface area (Å²) >= 11 is 5.94. The molecule has 1 amide bonds. The van der Waals surface area contributed by atoms with E-state index < -0.39 is 5.95 Å². The fourth-order valence-corrected chi connectivity index (χ4v) is 1.53. The first-order valence-electron chi connectivity index (χ1n) is 5.14. The maximum atomic E-state index is 11.6. The van der Waals surface area contributed by atoms with Gasteiger partial charge in [-0.15, -0.1) is 0 Å². The molecule has 7 heteroatoms. The quantitative estimate of drug-likeness (QED) is 0.827. The van der Waals surface area contributed by atoms with E-state index in [0.29, 0.717) is 10.7 Å². The van der Waals surface area contributed by atoms with Gasteiger partial charge in [0.2, 0.25) is 6.20 Å². The van der Waals surface area contributed by atoms with Crippen LogP contribution < -0.4 is 15.1 Å². The molecule has 1 aromatic heterocycles. The topological polar surface area (TPSA) is 82.1 Å². The van der Waals surface area contributed by atoms with Crippen molar-refractivity contribution < 1.29 is 19.1 Å². The second kappa shape index (κ2) is 5.05. The zero-order chi connectivity index (χ0) is 13.1. The SMILES string of the molecule is Cc1ccc(NC(=O)C[n+]2cc([O-])on2)cc1Cl. The van der Waals surface area contributed by atoms with Crippen LogP contribution >= 0.6 is 11.6 Å². The lowest BCUT2D eigenvalue weighted by molar-refractivity contribution is -0.750. The molecule has 0 spiro atoms. The standard InChI is InChI=1S/C11H10ClN3O3/c1-7-2-3-8(4-9(7)12)13-10(16)5-15-6-11(17)18-14-15/h2-4,6H,5H2,1H3,(H-,13,14,16,17). The molecule has 0 saturated carbocycles. The van der Waals surface area contributed by atoms with Crippen LogP contribution in [-0.4, -0.2) is 11.2 Å². The Morgan fingerprint density at radius 2 is 2.39 bits per heavy atom. The number of anilines is 1. The lowest BCUT2D eigenvalue weighted by Crippen LogP contribution is -2.41. The molecule has 0 radical (unpaired) electrons. The molecule has 0 bridgehead atoms. The summed E-state index contributed by atoms with van der Waals surface area (Å²) in [5, 5.41) is 17.3. The van der Waals surface area contributed by atoms with Crippen molar-refractivity contribution in [2.45, 2.75) is 13.5 Å². The molecule has 2 aromatic rings. The van der Waals surface area contributed by atoms with Gasteiger partial charge in [-0.3, -0.25) is 4.79 Å². The van der Waals surface area contributed by atoms with Crippen LogP contribution in [0.25, 0.3) is 0 Å². The van der Waals surface area contributed by atoms with E-state index in [1.54, 1.807) is 18.2 Å².